The first-order valence-corrected chi connectivity index (χ1v) is 12.1. The summed E-state index contributed by atoms with van der Waals surface area (Å²) in [6.07, 6.45) is 6.41. The van der Waals surface area contributed by atoms with Gasteiger partial charge in [0.1, 0.15) is 17.6 Å². The van der Waals surface area contributed by atoms with Crippen molar-refractivity contribution < 1.29 is 4.74 Å². The van der Waals surface area contributed by atoms with Crippen molar-refractivity contribution in [2.24, 2.45) is 0 Å². The van der Waals surface area contributed by atoms with Gasteiger partial charge in [0.2, 0.25) is 0 Å². The third-order valence-electron chi connectivity index (χ3n) is 6.74. The zero-order chi connectivity index (χ0) is 21.8. The van der Waals surface area contributed by atoms with Crippen molar-refractivity contribution >= 4 is 32.8 Å². The molecule has 3 aromatic heterocycles. The number of nitrogens with two attached hydrogens (primary N) is 1. The lowest BCUT2D eigenvalue weighted by atomic mass is 10.1. The fourth-order valence-corrected chi connectivity index (χ4v) is 6.20. The zero-order valence-electron chi connectivity index (χ0n) is 18.5. The summed E-state index contributed by atoms with van der Waals surface area (Å²) in [4.78, 5) is 10.7. The predicted octanol–water partition coefficient (Wildman–Crippen LogP) is 3.79. The number of rotatable bonds is 5. The van der Waals surface area contributed by atoms with Gasteiger partial charge < -0.3 is 10.5 Å². The van der Waals surface area contributed by atoms with Crippen LogP contribution in [0.1, 0.15) is 24.0 Å². The quantitative estimate of drug-likeness (QED) is 0.501. The van der Waals surface area contributed by atoms with E-state index in [9.17, 15) is 0 Å². The minimum absolute atomic E-state index is 0.514. The van der Waals surface area contributed by atoms with E-state index in [4.69, 9.17) is 10.5 Å². The number of hydrogen-bond donors (Lipinski definition) is 1. The average Bonchev–Trinajstić information content (AvgIpc) is 3.45. The number of nitrogen functional groups attached to an aromatic ring is 1. The third-order valence-corrected chi connectivity index (χ3v) is 7.92. The number of methoxy groups -OCH3 is 1. The monoisotopic (exact) mass is 448 g/mol. The third kappa shape index (κ3) is 3.43. The van der Waals surface area contributed by atoms with Gasteiger partial charge in [0.25, 0.3) is 0 Å². The summed E-state index contributed by atoms with van der Waals surface area (Å²) in [7, 11) is 1.74. The molecule has 6 rings (SSSR count). The summed E-state index contributed by atoms with van der Waals surface area (Å²) in [5.74, 6) is 1.43. The van der Waals surface area contributed by atoms with Crippen molar-refractivity contribution in [2.75, 3.05) is 39.0 Å². The highest BCUT2D eigenvalue weighted by molar-refractivity contribution is 7.22. The molecule has 2 N–H and O–H groups in total. The van der Waals surface area contributed by atoms with Gasteiger partial charge in [-0.15, -0.1) is 11.3 Å². The largest absolute Gasteiger partial charge is 0.495 e. The van der Waals surface area contributed by atoms with Crippen LogP contribution in [0.25, 0.3) is 26.0 Å². The number of anilines is 1. The summed E-state index contributed by atoms with van der Waals surface area (Å²) in [5.41, 5.74) is 10.8. The molecule has 1 saturated heterocycles. The van der Waals surface area contributed by atoms with Gasteiger partial charge in [0.05, 0.1) is 11.8 Å². The molecule has 0 spiro atoms. The van der Waals surface area contributed by atoms with Gasteiger partial charge >= 0.3 is 0 Å². The Labute approximate surface area is 191 Å². The first kappa shape index (κ1) is 20.0. The van der Waals surface area contributed by atoms with Gasteiger partial charge in [0, 0.05) is 55.4 Å². The van der Waals surface area contributed by atoms with Crippen molar-refractivity contribution in [1.82, 2.24) is 24.4 Å². The highest BCUT2D eigenvalue weighted by atomic mass is 32.1. The van der Waals surface area contributed by atoms with Crippen LogP contribution < -0.4 is 10.5 Å². The minimum Gasteiger partial charge on any atom is -0.495 e. The first-order valence-electron chi connectivity index (χ1n) is 11.3. The topological polar surface area (TPSA) is 71.9 Å². The smallest absolute Gasteiger partial charge is 0.152 e. The molecule has 1 aromatic carbocycles. The number of aromatic nitrogens is 3. The highest BCUT2D eigenvalue weighted by Crippen LogP contribution is 2.43. The van der Waals surface area contributed by atoms with Gasteiger partial charge in [-0.3, -0.25) is 9.80 Å². The zero-order valence-corrected chi connectivity index (χ0v) is 19.4. The molecule has 0 unspecified atom stereocenters. The van der Waals surface area contributed by atoms with E-state index in [0.717, 1.165) is 60.3 Å². The number of hydrogen-bond acceptors (Lipinski definition) is 7. The van der Waals surface area contributed by atoms with Crippen molar-refractivity contribution in [3.05, 3.63) is 41.9 Å². The van der Waals surface area contributed by atoms with E-state index >= 15 is 0 Å². The van der Waals surface area contributed by atoms with Gasteiger partial charge in [-0.2, -0.15) is 5.10 Å². The molecule has 0 amide bonds. The molecule has 8 heteroatoms. The van der Waals surface area contributed by atoms with Crippen LogP contribution >= 0.6 is 11.3 Å². The van der Waals surface area contributed by atoms with Gasteiger partial charge in [0.15, 0.2) is 5.82 Å². The summed E-state index contributed by atoms with van der Waals surface area (Å²) in [5, 5.41) is 5.66. The maximum atomic E-state index is 6.36. The Morgan fingerprint density at radius 3 is 2.72 bits per heavy atom. The Hall–Kier alpha value is -2.68. The molecule has 1 aliphatic carbocycles. The van der Waals surface area contributed by atoms with Crippen LogP contribution in [0.4, 0.5) is 5.82 Å². The lowest BCUT2D eigenvalue weighted by Gasteiger charge is -2.34. The molecule has 0 atom stereocenters. The van der Waals surface area contributed by atoms with Crippen molar-refractivity contribution in [2.45, 2.75) is 32.4 Å². The van der Waals surface area contributed by atoms with Crippen molar-refractivity contribution in [3.63, 3.8) is 0 Å². The molecule has 4 aromatic rings. The van der Waals surface area contributed by atoms with E-state index in [1.165, 1.54) is 40.6 Å². The van der Waals surface area contributed by atoms with E-state index in [2.05, 4.69) is 51.2 Å². The molecule has 2 fully saturated rings. The SMILES string of the molecule is COc1cc(C)cc2cc(-c3c(CN4CCN(C5CC5)CC4)cn4ncnc(N)c34)sc12. The summed E-state index contributed by atoms with van der Waals surface area (Å²) in [6.45, 7) is 7.52. The minimum atomic E-state index is 0.514. The Kier molecular flexibility index (Phi) is 4.82. The standard InChI is InChI=1S/C24H28N6OS/c1-15-9-16-11-20(32-23(16)19(10-15)31-2)21-17(13-30-22(21)24(25)26-14-27-30)12-28-5-7-29(8-6-28)18-3-4-18/h9-11,13-14,18H,3-8,12H2,1-2H3,(H2,25,26,27). The van der Waals surface area contributed by atoms with Crippen LogP contribution in [0.2, 0.25) is 0 Å². The number of nitrogens with zero attached hydrogens (tertiary/aromatic N) is 5. The van der Waals surface area contributed by atoms with E-state index in [-0.39, 0.29) is 0 Å². The van der Waals surface area contributed by atoms with Crippen LogP contribution in [-0.4, -0.2) is 63.7 Å². The lowest BCUT2D eigenvalue weighted by molar-refractivity contribution is 0.121. The van der Waals surface area contributed by atoms with Gasteiger partial charge in [-0.25, -0.2) is 9.50 Å². The maximum Gasteiger partial charge on any atom is 0.152 e. The van der Waals surface area contributed by atoms with E-state index in [1.807, 2.05) is 4.52 Å². The second-order valence-electron chi connectivity index (χ2n) is 9.01. The van der Waals surface area contributed by atoms with Crippen LogP contribution in [0.3, 0.4) is 0 Å². The first-order chi connectivity index (χ1) is 15.6. The summed E-state index contributed by atoms with van der Waals surface area (Å²) in [6, 6.07) is 7.41. The Balaban J connectivity index is 1.42. The molecular weight excluding hydrogens is 420 g/mol. The predicted molar refractivity (Wildman–Crippen MR) is 129 cm³/mol. The summed E-state index contributed by atoms with van der Waals surface area (Å²) < 4.78 is 8.73. The molecule has 0 bridgehead atoms. The lowest BCUT2D eigenvalue weighted by Crippen LogP contribution is -2.46. The van der Waals surface area contributed by atoms with E-state index < -0.39 is 0 Å². The molecule has 2 aliphatic rings. The number of thiophene rings is 1. The molecule has 32 heavy (non-hydrogen) atoms. The summed E-state index contributed by atoms with van der Waals surface area (Å²) >= 11 is 1.75. The second kappa shape index (κ2) is 7.72. The van der Waals surface area contributed by atoms with Crippen LogP contribution in [0.5, 0.6) is 5.75 Å². The fraction of sp³-hybridized carbons (Fsp3) is 0.417. The van der Waals surface area contributed by atoms with Crippen LogP contribution in [-0.2, 0) is 6.54 Å². The van der Waals surface area contributed by atoms with Crippen LogP contribution in [0.15, 0.2) is 30.7 Å². The maximum absolute atomic E-state index is 6.36. The Morgan fingerprint density at radius 1 is 1.16 bits per heavy atom. The Bertz CT molecular complexity index is 1300. The number of fused-ring (bicyclic) bond motifs is 2. The second-order valence-corrected chi connectivity index (χ2v) is 10.1. The molecule has 0 radical (unpaired) electrons. The highest BCUT2D eigenvalue weighted by Gasteiger charge is 2.31. The number of aryl methyl sites for hydroxylation is 1. The van der Waals surface area contributed by atoms with Crippen molar-refractivity contribution in [3.8, 4) is 16.2 Å². The van der Waals surface area contributed by atoms with Crippen LogP contribution in [0, 0.1) is 6.92 Å². The molecule has 1 saturated carbocycles. The normalized spacial score (nSPS) is 18.1. The Morgan fingerprint density at radius 2 is 1.97 bits per heavy atom. The number of ether oxygens (including phenoxy) is 1. The number of benzene rings is 1. The van der Waals surface area contributed by atoms with Crippen molar-refractivity contribution in [1.29, 1.82) is 0 Å². The van der Waals surface area contributed by atoms with E-state index in [0.29, 0.717) is 5.82 Å². The van der Waals surface area contributed by atoms with Gasteiger partial charge in [-0.1, -0.05) is 6.07 Å². The van der Waals surface area contributed by atoms with E-state index in [1.54, 1.807) is 18.4 Å². The van der Waals surface area contributed by atoms with Gasteiger partial charge in [-0.05, 0) is 48.4 Å². The molecule has 1 aliphatic heterocycles. The molecule has 4 heterocycles. The molecule has 7 nitrogen and oxygen atoms in total. The molecular formula is C24H28N6OS. The number of piperazine rings is 1. The average molecular weight is 449 g/mol. The fourth-order valence-electron chi connectivity index (χ4n) is 4.99. The molecule has 166 valence electrons.